The van der Waals surface area contributed by atoms with Crippen LogP contribution >= 0.6 is 34.5 Å². The molecule has 1 aromatic heterocycles. The monoisotopic (exact) mass is 558 g/mol. The fourth-order valence-electron chi connectivity index (χ4n) is 3.17. The number of anilines is 1. The molecule has 1 unspecified atom stereocenters. The van der Waals surface area contributed by atoms with E-state index in [-0.39, 0.29) is 6.54 Å². The van der Waals surface area contributed by atoms with Crippen LogP contribution in [0.5, 0.6) is 0 Å². The van der Waals surface area contributed by atoms with Crippen molar-refractivity contribution in [2.24, 2.45) is 5.92 Å². The molecule has 10 heteroatoms. The van der Waals surface area contributed by atoms with Crippen LogP contribution in [-0.4, -0.2) is 67.1 Å². The molecule has 2 aromatic rings. The number of hydrogen-bond acceptors (Lipinski definition) is 6. The van der Waals surface area contributed by atoms with E-state index in [1.165, 1.54) is 4.90 Å². The Morgan fingerprint density at radius 1 is 1.28 bits per heavy atom. The van der Waals surface area contributed by atoms with Crippen LogP contribution in [0, 0.1) is 5.92 Å². The topological polar surface area (TPSA) is 85.8 Å². The molecule has 2 heterocycles. The third-order valence-electron chi connectivity index (χ3n) is 4.59. The van der Waals surface area contributed by atoms with Gasteiger partial charge in [0.25, 0.3) is 0 Å². The number of allylic oxidation sites excluding steroid dienone is 1. The van der Waals surface area contributed by atoms with Gasteiger partial charge < -0.3 is 20.2 Å². The summed E-state index contributed by atoms with van der Waals surface area (Å²) in [6, 6.07) is 4.57. The van der Waals surface area contributed by atoms with Gasteiger partial charge in [0.05, 0.1) is 22.3 Å². The number of carboxylic acids is 1. The number of piperazine rings is 1. The summed E-state index contributed by atoms with van der Waals surface area (Å²) in [4.78, 5) is 31.9. The molecule has 1 saturated heterocycles. The second-order valence-electron chi connectivity index (χ2n) is 8.05. The Labute approximate surface area is 230 Å². The first-order valence-electron chi connectivity index (χ1n) is 11.9. The zero-order valence-corrected chi connectivity index (χ0v) is 24.7. The van der Waals surface area contributed by atoms with Gasteiger partial charge in [-0.15, -0.1) is 17.9 Å². The van der Waals surface area contributed by atoms with Gasteiger partial charge in [0, 0.05) is 23.5 Å². The fraction of sp³-hybridized carbons (Fsp3) is 0.500. The van der Waals surface area contributed by atoms with Crippen molar-refractivity contribution in [3.05, 3.63) is 45.8 Å². The lowest BCUT2D eigenvalue weighted by Gasteiger charge is -2.37. The van der Waals surface area contributed by atoms with Gasteiger partial charge in [-0.2, -0.15) is 0 Å². The van der Waals surface area contributed by atoms with Gasteiger partial charge in [0.15, 0.2) is 5.13 Å². The van der Waals surface area contributed by atoms with E-state index < -0.39 is 12.0 Å². The second kappa shape index (κ2) is 18.2. The molecule has 1 fully saturated rings. The lowest BCUT2D eigenvalue weighted by Crippen LogP contribution is -2.56. The van der Waals surface area contributed by atoms with Crippen LogP contribution in [0.2, 0.25) is 10.0 Å². The highest BCUT2D eigenvalue weighted by Gasteiger charge is 2.33. The number of thiazole rings is 1. The first-order valence-corrected chi connectivity index (χ1v) is 13.5. The van der Waals surface area contributed by atoms with E-state index in [2.05, 4.69) is 25.7 Å². The highest BCUT2D eigenvalue weighted by atomic mass is 35.5. The molecule has 7 nitrogen and oxygen atoms in total. The molecule has 3 rings (SSSR count). The molecule has 1 amide bonds. The number of aromatic nitrogens is 1. The SMILES string of the molecule is C=CC.CC.CC(C)Cc1sc(N2CCN(C=O)C(C(=O)O)C2)nc1-c1ccc(Cl)c(Cl)c1.CNC. The number of benzene rings is 1. The van der Waals surface area contributed by atoms with Gasteiger partial charge in [-0.3, -0.25) is 4.79 Å². The largest absolute Gasteiger partial charge is 0.480 e. The van der Waals surface area contributed by atoms with Crippen molar-refractivity contribution in [3.63, 3.8) is 0 Å². The Hall–Kier alpha value is -2.13. The van der Waals surface area contributed by atoms with E-state index in [4.69, 9.17) is 28.2 Å². The van der Waals surface area contributed by atoms with E-state index in [0.29, 0.717) is 35.5 Å². The lowest BCUT2D eigenvalue weighted by molar-refractivity contribution is -0.146. The number of carbonyl (C=O) groups is 2. The van der Waals surface area contributed by atoms with E-state index in [0.717, 1.165) is 27.7 Å². The van der Waals surface area contributed by atoms with E-state index >= 15 is 0 Å². The quantitative estimate of drug-likeness (QED) is 0.329. The molecular weight excluding hydrogens is 519 g/mol. The predicted molar refractivity (Wildman–Crippen MR) is 155 cm³/mol. The molecule has 1 aromatic carbocycles. The van der Waals surface area contributed by atoms with Gasteiger partial charge in [-0.25, -0.2) is 9.78 Å². The smallest absolute Gasteiger partial charge is 0.328 e. The Kier molecular flexibility index (Phi) is 17.1. The second-order valence-corrected chi connectivity index (χ2v) is 9.92. The zero-order chi connectivity index (χ0) is 27.8. The number of nitrogens with zero attached hydrogens (tertiary/aromatic N) is 3. The van der Waals surface area contributed by atoms with Crippen LogP contribution in [0.3, 0.4) is 0 Å². The lowest BCUT2D eigenvalue weighted by atomic mass is 10.0. The number of nitrogens with one attached hydrogen (secondary N) is 1. The third-order valence-corrected chi connectivity index (χ3v) is 6.46. The van der Waals surface area contributed by atoms with Crippen molar-refractivity contribution < 1.29 is 14.7 Å². The standard InChI is InChI=1S/C19H21Cl2N3O3S.C3H6.C2H7N.C2H6/c1-11(2)7-16-17(12-3-4-13(20)14(21)8-12)22-19(28-16)23-5-6-24(10-25)15(9-23)18(26)27;2*1-3-2;1-2/h3-4,8,10-11,15H,5-7,9H2,1-2H3,(H,26,27);3H,1H2,2H3;3H,1-2H3;1-2H3. The highest BCUT2D eigenvalue weighted by molar-refractivity contribution is 7.16. The van der Waals surface area contributed by atoms with E-state index in [1.807, 2.05) is 45.8 Å². The molecule has 1 aliphatic rings. The molecule has 1 atom stereocenters. The minimum atomic E-state index is -1.01. The number of aliphatic carboxylic acids is 1. The van der Waals surface area contributed by atoms with Crippen LogP contribution in [0.25, 0.3) is 11.3 Å². The van der Waals surface area contributed by atoms with Crippen LogP contribution in [0.4, 0.5) is 5.13 Å². The molecule has 0 aliphatic carbocycles. The van der Waals surface area contributed by atoms with Crippen LogP contribution in [0.15, 0.2) is 30.9 Å². The van der Waals surface area contributed by atoms with Crippen LogP contribution in [0.1, 0.15) is 39.5 Å². The maximum Gasteiger partial charge on any atom is 0.328 e. The Bertz CT molecular complexity index is 953. The van der Waals surface area contributed by atoms with Gasteiger partial charge in [0.1, 0.15) is 6.04 Å². The molecule has 0 spiro atoms. The number of rotatable bonds is 6. The van der Waals surface area contributed by atoms with Gasteiger partial charge in [0.2, 0.25) is 6.41 Å². The van der Waals surface area contributed by atoms with E-state index in [9.17, 15) is 14.7 Å². The van der Waals surface area contributed by atoms with Crippen molar-refractivity contribution in [1.29, 1.82) is 0 Å². The molecule has 0 radical (unpaired) electrons. The van der Waals surface area contributed by atoms with Crippen molar-refractivity contribution >= 4 is 52.0 Å². The number of carbonyl (C=O) groups excluding carboxylic acids is 1. The van der Waals surface area contributed by atoms with E-state index in [1.54, 1.807) is 29.5 Å². The molecule has 2 N–H and O–H groups in total. The fourth-order valence-corrected chi connectivity index (χ4v) is 4.80. The summed E-state index contributed by atoms with van der Waals surface area (Å²) < 4.78 is 0. The minimum absolute atomic E-state index is 0.212. The Balaban J connectivity index is 0.00000137. The molecule has 0 bridgehead atoms. The number of amides is 1. The highest BCUT2D eigenvalue weighted by Crippen LogP contribution is 2.37. The van der Waals surface area contributed by atoms with Gasteiger partial charge in [-0.1, -0.05) is 63.0 Å². The average molecular weight is 560 g/mol. The maximum absolute atomic E-state index is 11.5. The summed E-state index contributed by atoms with van der Waals surface area (Å²) >= 11 is 13.8. The zero-order valence-electron chi connectivity index (χ0n) is 22.3. The molecule has 202 valence electrons. The minimum Gasteiger partial charge on any atom is -0.480 e. The first-order chi connectivity index (χ1) is 17.1. The summed E-state index contributed by atoms with van der Waals surface area (Å²) in [5, 5.41) is 13.9. The van der Waals surface area contributed by atoms with Gasteiger partial charge in [-0.05, 0) is 45.5 Å². The van der Waals surface area contributed by atoms with Crippen molar-refractivity contribution in [1.82, 2.24) is 15.2 Å². The molecular formula is C26H40Cl2N4O3S. The van der Waals surface area contributed by atoms with Gasteiger partial charge >= 0.3 is 5.97 Å². The summed E-state index contributed by atoms with van der Waals surface area (Å²) in [7, 11) is 3.75. The van der Waals surface area contributed by atoms with Crippen molar-refractivity contribution in [3.8, 4) is 11.3 Å². The first kappa shape index (κ1) is 33.9. The summed E-state index contributed by atoms with van der Waals surface area (Å²) in [5.41, 5.74) is 1.73. The van der Waals surface area contributed by atoms with Crippen LogP contribution < -0.4 is 10.2 Å². The summed E-state index contributed by atoms with van der Waals surface area (Å²) in [6.45, 7) is 14.6. The maximum atomic E-state index is 11.5. The number of carboxylic acid groups (broad SMARTS) is 1. The van der Waals surface area contributed by atoms with Crippen molar-refractivity contribution in [2.45, 2.75) is 47.1 Å². The molecule has 36 heavy (non-hydrogen) atoms. The Morgan fingerprint density at radius 3 is 2.33 bits per heavy atom. The molecule has 1 aliphatic heterocycles. The summed E-state index contributed by atoms with van der Waals surface area (Å²) in [6.07, 6.45) is 3.20. The normalized spacial score (nSPS) is 14.4. The van der Waals surface area contributed by atoms with Crippen molar-refractivity contribution in [2.75, 3.05) is 38.6 Å². The molecule has 0 saturated carbocycles. The number of hydrogen-bond donors (Lipinski definition) is 2. The number of halogens is 2. The third kappa shape index (κ3) is 10.5. The van der Waals surface area contributed by atoms with Crippen LogP contribution in [-0.2, 0) is 16.0 Å². The summed E-state index contributed by atoms with van der Waals surface area (Å²) in [5.74, 6) is -0.575. The predicted octanol–water partition coefficient (Wildman–Crippen LogP) is 6.10. The average Bonchev–Trinajstić information content (AvgIpc) is 3.25. The Morgan fingerprint density at radius 2 is 1.86 bits per heavy atom.